The van der Waals surface area contributed by atoms with E-state index in [0.717, 1.165) is 11.6 Å². The number of phenols is 2. The maximum absolute atomic E-state index is 10.9. The van der Waals surface area contributed by atoms with Crippen LogP contribution in [-0.4, -0.2) is 40.2 Å². The van der Waals surface area contributed by atoms with Crippen LogP contribution in [0.25, 0.3) is 0 Å². The Balaban J connectivity index is 2.17. The molecule has 1 atom stereocenters. The number of nitrogens with two attached hydrogens (primary N) is 1. The number of hydrogen-bond donors (Lipinski definition) is 5. The predicted octanol–water partition coefficient (Wildman–Crippen LogP) is 1.93. The normalized spacial score (nSPS) is 12.3. The molecule has 0 unspecified atom stereocenters. The summed E-state index contributed by atoms with van der Waals surface area (Å²) in [5, 5.41) is 31.8. The van der Waals surface area contributed by atoms with Gasteiger partial charge in [0.15, 0.2) is 0 Å². The zero-order valence-electron chi connectivity index (χ0n) is 15.3. The summed E-state index contributed by atoms with van der Waals surface area (Å²) in [5.74, 6) is -1.17. The van der Waals surface area contributed by atoms with Gasteiger partial charge in [-0.05, 0) is 30.7 Å². The van der Waals surface area contributed by atoms with E-state index in [1.807, 2.05) is 19.1 Å². The van der Waals surface area contributed by atoms with Crippen molar-refractivity contribution in [3.63, 3.8) is 0 Å². The van der Waals surface area contributed by atoms with Gasteiger partial charge in [-0.2, -0.15) is 0 Å². The summed E-state index contributed by atoms with van der Waals surface area (Å²) >= 11 is 0. The minimum absolute atomic E-state index is 0.0199. The Morgan fingerprint density at radius 2 is 1.89 bits per heavy atom. The van der Waals surface area contributed by atoms with Crippen molar-refractivity contribution in [1.82, 2.24) is 0 Å². The zero-order chi connectivity index (χ0) is 20.7. The van der Waals surface area contributed by atoms with Gasteiger partial charge in [-0.25, -0.2) is 0 Å². The maximum Gasteiger partial charge on any atom is 0.320 e. The number of carboxylic acids is 1. The molecular weight excluding hydrogens is 364 g/mol. The number of carbonyl (C=O) groups is 2. The van der Waals surface area contributed by atoms with Crippen molar-refractivity contribution in [2.24, 2.45) is 5.73 Å². The second-order valence-corrected chi connectivity index (χ2v) is 6.20. The van der Waals surface area contributed by atoms with Gasteiger partial charge in [0.05, 0.1) is 11.4 Å². The van der Waals surface area contributed by atoms with Crippen LogP contribution in [0.2, 0.25) is 0 Å². The fourth-order valence-electron chi connectivity index (χ4n) is 2.39. The molecule has 0 aromatic heterocycles. The molecule has 0 saturated heterocycles. The Morgan fingerprint density at radius 3 is 2.50 bits per heavy atom. The van der Waals surface area contributed by atoms with Crippen LogP contribution < -0.4 is 15.8 Å². The minimum atomic E-state index is -1.21. The van der Waals surface area contributed by atoms with E-state index in [1.165, 1.54) is 12.1 Å². The molecule has 0 heterocycles. The molecule has 0 amide bonds. The number of nitrogens with one attached hydrogen (secondary N) is 1. The van der Waals surface area contributed by atoms with Crippen LogP contribution in [0.3, 0.4) is 0 Å². The second-order valence-electron chi connectivity index (χ2n) is 6.20. The van der Waals surface area contributed by atoms with Crippen molar-refractivity contribution < 1.29 is 29.6 Å². The molecule has 28 heavy (non-hydrogen) atoms. The van der Waals surface area contributed by atoms with Gasteiger partial charge in [-0.15, -0.1) is 0 Å². The third-order valence-electron chi connectivity index (χ3n) is 3.93. The molecule has 0 aliphatic carbocycles. The molecule has 6 N–H and O–H groups in total. The number of aliphatic carboxylic acids is 1. The first-order valence-electron chi connectivity index (χ1n) is 8.44. The standard InChI is InChI=1S/C20H22N2O6/c1-12-2-4-15(5-3-12)28-11-14(6-7-23)22-17-9-13(8-16(21)20(26)27)18(24)10-19(17)25/h2-7,9-10,16,22,24-25H,8,11,21H2,1H3,(H,26,27)/b14-6-/t16-/m0/s1. The predicted molar refractivity (Wildman–Crippen MR) is 104 cm³/mol. The van der Waals surface area contributed by atoms with Gasteiger partial charge in [0, 0.05) is 18.6 Å². The molecule has 8 heteroatoms. The quantitative estimate of drug-likeness (QED) is 0.190. The summed E-state index contributed by atoms with van der Waals surface area (Å²) < 4.78 is 5.62. The lowest BCUT2D eigenvalue weighted by atomic mass is 10.0. The maximum atomic E-state index is 10.9. The van der Waals surface area contributed by atoms with Crippen molar-refractivity contribution in [2.45, 2.75) is 19.4 Å². The molecule has 8 nitrogen and oxygen atoms in total. The molecule has 0 aliphatic heterocycles. The highest BCUT2D eigenvalue weighted by atomic mass is 16.5. The Kier molecular flexibility index (Phi) is 7.00. The van der Waals surface area contributed by atoms with Crippen molar-refractivity contribution in [3.05, 3.63) is 59.3 Å². The van der Waals surface area contributed by atoms with Crippen molar-refractivity contribution in [3.8, 4) is 17.2 Å². The summed E-state index contributed by atoms with van der Waals surface area (Å²) in [5.41, 5.74) is 7.35. The van der Waals surface area contributed by atoms with Crippen molar-refractivity contribution in [2.75, 3.05) is 11.9 Å². The number of aldehydes is 1. The summed E-state index contributed by atoms with van der Waals surface area (Å²) in [7, 11) is 0. The fraction of sp³-hybridized carbons (Fsp3) is 0.200. The van der Waals surface area contributed by atoms with Crippen LogP contribution >= 0.6 is 0 Å². The minimum Gasteiger partial charge on any atom is -0.508 e. The third kappa shape index (κ3) is 5.75. The van der Waals surface area contributed by atoms with Crippen molar-refractivity contribution >= 4 is 17.9 Å². The van der Waals surface area contributed by atoms with Gasteiger partial charge in [0.2, 0.25) is 0 Å². The van der Waals surface area contributed by atoms with Crippen LogP contribution in [0, 0.1) is 6.92 Å². The van der Waals surface area contributed by atoms with E-state index < -0.39 is 12.0 Å². The summed E-state index contributed by atoms with van der Waals surface area (Å²) in [6.07, 6.45) is 1.67. The Labute approximate surface area is 161 Å². The highest BCUT2D eigenvalue weighted by Crippen LogP contribution is 2.33. The van der Waals surface area contributed by atoms with Gasteiger partial charge >= 0.3 is 5.97 Å². The van der Waals surface area contributed by atoms with Crippen molar-refractivity contribution in [1.29, 1.82) is 0 Å². The van der Waals surface area contributed by atoms with Gasteiger partial charge in [0.1, 0.15) is 36.2 Å². The van der Waals surface area contributed by atoms with E-state index in [0.29, 0.717) is 17.7 Å². The van der Waals surface area contributed by atoms with Gasteiger partial charge in [-0.1, -0.05) is 17.7 Å². The highest BCUT2D eigenvalue weighted by molar-refractivity contribution is 5.74. The molecule has 2 aromatic carbocycles. The SMILES string of the molecule is Cc1ccc(OC/C(=C/C=O)Nc2cc(C[C@H](N)C(=O)O)c(O)cc2O)cc1. The first kappa shape index (κ1) is 20.8. The number of aryl methyl sites for hydroxylation is 1. The second kappa shape index (κ2) is 9.43. The lowest BCUT2D eigenvalue weighted by Crippen LogP contribution is -2.32. The van der Waals surface area contributed by atoms with Gasteiger partial charge in [-0.3, -0.25) is 9.59 Å². The summed E-state index contributed by atoms with van der Waals surface area (Å²) in [4.78, 5) is 21.9. The fourth-order valence-corrected chi connectivity index (χ4v) is 2.39. The lowest BCUT2D eigenvalue weighted by molar-refractivity contribution is -0.138. The van der Waals surface area contributed by atoms with E-state index in [2.05, 4.69) is 5.32 Å². The molecule has 2 aromatic rings. The van der Waals surface area contributed by atoms with Crippen LogP contribution in [-0.2, 0) is 16.0 Å². The number of benzene rings is 2. The third-order valence-corrected chi connectivity index (χ3v) is 3.93. The van der Waals surface area contributed by atoms with E-state index >= 15 is 0 Å². The molecule has 0 saturated carbocycles. The Bertz CT molecular complexity index is 877. The Morgan fingerprint density at radius 1 is 1.21 bits per heavy atom. The lowest BCUT2D eigenvalue weighted by Gasteiger charge is -2.16. The van der Waals surface area contributed by atoms with E-state index in [9.17, 15) is 19.8 Å². The van der Waals surface area contributed by atoms with Crippen LogP contribution in [0.5, 0.6) is 17.2 Å². The zero-order valence-corrected chi connectivity index (χ0v) is 15.3. The number of carbonyl (C=O) groups excluding carboxylic acids is 1. The monoisotopic (exact) mass is 386 g/mol. The molecule has 0 aliphatic rings. The molecule has 0 radical (unpaired) electrons. The molecule has 0 spiro atoms. The number of aromatic hydroxyl groups is 2. The number of ether oxygens (including phenoxy) is 1. The van der Waals surface area contributed by atoms with Crippen LogP contribution in [0.4, 0.5) is 5.69 Å². The average Bonchev–Trinajstić information content (AvgIpc) is 2.64. The number of rotatable bonds is 9. The van der Waals surface area contributed by atoms with E-state index in [4.69, 9.17) is 15.6 Å². The Hall–Kier alpha value is -3.52. The molecule has 0 fully saturated rings. The average molecular weight is 386 g/mol. The molecular formula is C20H22N2O6. The molecule has 0 bridgehead atoms. The molecule has 148 valence electrons. The first-order valence-corrected chi connectivity index (χ1v) is 8.44. The van der Waals surface area contributed by atoms with Gasteiger partial charge in [0.25, 0.3) is 0 Å². The highest BCUT2D eigenvalue weighted by Gasteiger charge is 2.17. The van der Waals surface area contributed by atoms with Crippen LogP contribution in [0.15, 0.2) is 48.2 Å². The summed E-state index contributed by atoms with van der Waals surface area (Å²) in [6, 6.07) is 8.59. The number of anilines is 1. The smallest absolute Gasteiger partial charge is 0.320 e. The van der Waals surface area contributed by atoms with Gasteiger partial charge < -0.3 is 31.1 Å². The van der Waals surface area contributed by atoms with E-state index in [1.54, 1.807) is 12.1 Å². The number of phenolic OH excluding ortho intramolecular Hbond substituents is 2. The van der Waals surface area contributed by atoms with E-state index in [-0.39, 0.29) is 35.8 Å². The number of carboxylic acid groups (broad SMARTS) is 1. The largest absolute Gasteiger partial charge is 0.508 e. The number of allylic oxidation sites excluding steroid dienone is 1. The topological polar surface area (TPSA) is 142 Å². The molecule has 2 rings (SSSR count). The summed E-state index contributed by atoms with van der Waals surface area (Å²) in [6.45, 7) is 1.97. The first-order chi connectivity index (χ1) is 13.3. The number of hydrogen-bond acceptors (Lipinski definition) is 7. The van der Waals surface area contributed by atoms with Crippen LogP contribution in [0.1, 0.15) is 11.1 Å².